The molecule has 0 saturated heterocycles. The van der Waals surface area contributed by atoms with E-state index in [1.54, 1.807) is 0 Å². The van der Waals surface area contributed by atoms with E-state index in [0.29, 0.717) is 17.4 Å². The number of nitrogens with two attached hydrogens (primary N) is 1. The van der Waals surface area contributed by atoms with E-state index in [2.05, 4.69) is 9.97 Å². The van der Waals surface area contributed by atoms with Crippen LogP contribution in [0.2, 0.25) is 0 Å². The fourth-order valence-corrected chi connectivity index (χ4v) is 1.04. The van der Waals surface area contributed by atoms with Gasteiger partial charge in [-0.15, -0.1) is 0 Å². The van der Waals surface area contributed by atoms with Crippen molar-refractivity contribution >= 4 is 11.5 Å². The van der Waals surface area contributed by atoms with Gasteiger partial charge in [0.2, 0.25) is 5.88 Å². The maximum Gasteiger partial charge on any atom is 0.242 e. The molecular weight excluding hydrogens is 180 g/mol. The highest BCUT2D eigenvalue weighted by atomic mass is 16.5. The van der Waals surface area contributed by atoms with E-state index in [1.807, 2.05) is 32.8 Å². The van der Waals surface area contributed by atoms with Crippen LogP contribution in [-0.2, 0) is 0 Å². The summed E-state index contributed by atoms with van der Waals surface area (Å²) in [5.41, 5.74) is 6.32. The molecule has 2 N–H and O–H groups in total. The Hall–Kier alpha value is -1.52. The number of anilines is 2. The number of hydrogen-bond acceptors (Lipinski definition) is 5. The first kappa shape index (κ1) is 10.6. The van der Waals surface area contributed by atoms with E-state index in [9.17, 15) is 0 Å². The van der Waals surface area contributed by atoms with Crippen molar-refractivity contribution in [2.75, 3.05) is 24.7 Å². The third-order valence-electron chi connectivity index (χ3n) is 1.60. The first-order chi connectivity index (χ1) is 6.52. The normalized spacial score (nSPS) is 10.4. The summed E-state index contributed by atoms with van der Waals surface area (Å²) in [4.78, 5) is 9.86. The van der Waals surface area contributed by atoms with Crippen LogP contribution < -0.4 is 15.4 Å². The molecule has 0 atom stereocenters. The lowest BCUT2D eigenvalue weighted by atomic mass is 10.4. The van der Waals surface area contributed by atoms with Crippen LogP contribution in [0.25, 0.3) is 0 Å². The summed E-state index contributed by atoms with van der Waals surface area (Å²) in [6.45, 7) is 3.85. The van der Waals surface area contributed by atoms with Gasteiger partial charge in [0, 0.05) is 14.1 Å². The van der Waals surface area contributed by atoms with E-state index >= 15 is 0 Å². The molecule has 1 aromatic rings. The van der Waals surface area contributed by atoms with Gasteiger partial charge in [-0.3, -0.25) is 0 Å². The predicted molar refractivity (Wildman–Crippen MR) is 56.5 cm³/mol. The van der Waals surface area contributed by atoms with Crippen molar-refractivity contribution in [2.45, 2.75) is 20.0 Å². The van der Waals surface area contributed by atoms with Gasteiger partial charge in [0.25, 0.3) is 0 Å². The predicted octanol–water partition coefficient (Wildman–Crippen LogP) is 0.912. The van der Waals surface area contributed by atoms with Crippen molar-refractivity contribution in [3.05, 3.63) is 6.33 Å². The molecule has 0 aliphatic heterocycles. The van der Waals surface area contributed by atoms with E-state index in [-0.39, 0.29) is 6.10 Å². The Morgan fingerprint density at radius 1 is 1.36 bits per heavy atom. The largest absolute Gasteiger partial charge is 0.473 e. The zero-order valence-electron chi connectivity index (χ0n) is 8.98. The van der Waals surface area contributed by atoms with Crippen LogP contribution in [0.1, 0.15) is 13.8 Å². The molecule has 0 bridgehead atoms. The van der Waals surface area contributed by atoms with Crippen LogP contribution in [0.5, 0.6) is 5.88 Å². The van der Waals surface area contributed by atoms with Crippen LogP contribution >= 0.6 is 0 Å². The SMILES string of the molecule is CC(C)Oc1ncnc(N(C)C)c1N. The summed E-state index contributed by atoms with van der Waals surface area (Å²) < 4.78 is 5.43. The minimum atomic E-state index is 0.0576. The Balaban J connectivity index is 3.01. The lowest BCUT2D eigenvalue weighted by Crippen LogP contribution is -2.16. The third kappa shape index (κ3) is 2.25. The van der Waals surface area contributed by atoms with Gasteiger partial charge in [0.15, 0.2) is 5.82 Å². The van der Waals surface area contributed by atoms with Gasteiger partial charge >= 0.3 is 0 Å². The summed E-state index contributed by atoms with van der Waals surface area (Å²) in [5, 5.41) is 0. The molecule has 0 aliphatic rings. The molecule has 0 unspecified atom stereocenters. The van der Waals surface area contributed by atoms with Crippen LogP contribution in [0.3, 0.4) is 0 Å². The molecule has 5 nitrogen and oxygen atoms in total. The molecule has 0 fully saturated rings. The first-order valence-corrected chi connectivity index (χ1v) is 4.46. The fourth-order valence-electron chi connectivity index (χ4n) is 1.04. The van der Waals surface area contributed by atoms with Gasteiger partial charge in [0.1, 0.15) is 12.0 Å². The molecule has 5 heteroatoms. The smallest absolute Gasteiger partial charge is 0.242 e. The van der Waals surface area contributed by atoms with E-state index in [4.69, 9.17) is 10.5 Å². The maximum absolute atomic E-state index is 5.84. The highest BCUT2D eigenvalue weighted by molar-refractivity contribution is 5.67. The summed E-state index contributed by atoms with van der Waals surface area (Å²) in [7, 11) is 3.75. The second-order valence-corrected chi connectivity index (χ2v) is 3.48. The standard InChI is InChI=1S/C9H16N4O/c1-6(2)14-9-7(10)8(13(3)4)11-5-12-9/h5-6H,10H2,1-4H3. The first-order valence-electron chi connectivity index (χ1n) is 4.46. The molecule has 0 aliphatic carbocycles. The number of hydrogen-bond donors (Lipinski definition) is 1. The maximum atomic E-state index is 5.84. The van der Waals surface area contributed by atoms with Crippen molar-refractivity contribution in [1.29, 1.82) is 0 Å². The van der Waals surface area contributed by atoms with Gasteiger partial charge in [-0.1, -0.05) is 0 Å². The molecule has 14 heavy (non-hydrogen) atoms. The van der Waals surface area contributed by atoms with Crippen molar-refractivity contribution in [3.8, 4) is 5.88 Å². The third-order valence-corrected chi connectivity index (χ3v) is 1.60. The number of aromatic nitrogens is 2. The lowest BCUT2D eigenvalue weighted by molar-refractivity contribution is 0.234. The molecular formula is C9H16N4O. The molecule has 0 saturated carbocycles. The van der Waals surface area contributed by atoms with Crippen LogP contribution in [0, 0.1) is 0 Å². The topological polar surface area (TPSA) is 64.3 Å². The molecule has 1 heterocycles. The van der Waals surface area contributed by atoms with Crippen LogP contribution in [-0.4, -0.2) is 30.2 Å². The fraction of sp³-hybridized carbons (Fsp3) is 0.556. The van der Waals surface area contributed by atoms with E-state index < -0.39 is 0 Å². The average molecular weight is 196 g/mol. The lowest BCUT2D eigenvalue weighted by Gasteiger charge is -2.16. The Labute approximate surface area is 83.9 Å². The molecule has 1 aromatic heterocycles. The molecule has 0 spiro atoms. The minimum Gasteiger partial charge on any atom is -0.473 e. The van der Waals surface area contributed by atoms with Gasteiger partial charge < -0.3 is 15.4 Å². The highest BCUT2D eigenvalue weighted by Crippen LogP contribution is 2.26. The second-order valence-electron chi connectivity index (χ2n) is 3.48. The Morgan fingerprint density at radius 2 is 2.00 bits per heavy atom. The summed E-state index contributed by atoms with van der Waals surface area (Å²) in [6, 6.07) is 0. The molecule has 0 radical (unpaired) electrons. The summed E-state index contributed by atoms with van der Waals surface area (Å²) >= 11 is 0. The Bertz CT molecular complexity index is 312. The average Bonchev–Trinajstić information content (AvgIpc) is 2.07. The van der Waals surface area contributed by atoms with Crippen LogP contribution in [0.15, 0.2) is 6.33 Å². The molecule has 0 aromatic carbocycles. The van der Waals surface area contributed by atoms with E-state index in [1.165, 1.54) is 6.33 Å². The zero-order chi connectivity index (χ0) is 10.7. The Morgan fingerprint density at radius 3 is 2.50 bits per heavy atom. The number of nitrogen functional groups attached to an aromatic ring is 1. The monoisotopic (exact) mass is 196 g/mol. The number of ether oxygens (including phenoxy) is 1. The highest BCUT2D eigenvalue weighted by Gasteiger charge is 2.11. The molecule has 0 amide bonds. The number of nitrogens with zero attached hydrogens (tertiary/aromatic N) is 3. The van der Waals surface area contributed by atoms with Gasteiger partial charge in [0.05, 0.1) is 6.10 Å². The minimum absolute atomic E-state index is 0.0576. The van der Waals surface area contributed by atoms with Gasteiger partial charge in [-0.2, -0.15) is 4.98 Å². The van der Waals surface area contributed by atoms with Crippen molar-refractivity contribution in [1.82, 2.24) is 9.97 Å². The van der Waals surface area contributed by atoms with E-state index in [0.717, 1.165) is 0 Å². The zero-order valence-corrected chi connectivity index (χ0v) is 8.98. The van der Waals surface area contributed by atoms with Crippen LogP contribution in [0.4, 0.5) is 11.5 Å². The second kappa shape index (κ2) is 4.13. The van der Waals surface area contributed by atoms with Crippen molar-refractivity contribution in [2.24, 2.45) is 0 Å². The van der Waals surface area contributed by atoms with Gasteiger partial charge in [-0.25, -0.2) is 4.98 Å². The van der Waals surface area contributed by atoms with Crippen molar-refractivity contribution in [3.63, 3.8) is 0 Å². The van der Waals surface area contributed by atoms with Gasteiger partial charge in [-0.05, 0) is 13.8 Å². The Kier molecular flexibility index (Phi) is 3.11. The number of rotatable bonds is 3. The molecule has 1 rings (SSSR count). The molecule has 78 valence electrons. The summed E-state index contributed by atoms with van der Waals surface area (Å²) in [5.74, 6) is 1.12. The van der Waals surface area contributed by atoms with Crippen molar-refractivity contribution < 1.29 is 4.74 Å². The quantitative estimate of drug-likeness (QED) is 0.778. The summed E-state index contributed by atoms with van der Waals surface area (Å²) in [6.07, 6.45) is 1.51.